The van der Waals surface area contributed by atoms with E-state index in [0.717, 1.165) is 12.8 Å². The molecule has 90 valence electrons. The molecule has 15 heavy (non-hydrogen) atoms. The molecule has 0 fully saturated rings. The molecular weight excluding hydrogens is 301 g/mol. The molecule has 0 radical (unpaired) electrons. The maximum absolute atomic E-state index is 7.87. The van der Waals surface area contributed by atoms with Gasteiger partial charge in [-0.25, -0.2) is 0 Å². The third-order valence-electron chi connectivity index (χ3n) is 0.957. The average molecular weight is 324 g/mol. The fourth-order valence-corrected chi connectivity index (χ4v) is 0.250. The van der Waals surface area contributed by atoms with Crippen LogP contribution in [-0.4, -0.2) is 9.79 Å². The van der Waals surface area contributed by atoms with Crippen molar-refractivity contribution in [2.45, 2.75) is 46.0 Å². The Morgan fingerprint density at radius 1 is 1.13 bits per heavy atom. The minimum atomic E-state index is -3.11. The maximum Gasteiger partial charge on any atom is 2.00 e. The Labute approximate surface area is 118 Å². The van der Waals surface area contributed by atoms with Gasteiger partial charge in [-0.15, -0.1) is 0 Å². The largest absolute Gasteiger partial charge is 2.00 e. The minimum absolute atomic E-state index is 0. The van der Waals surface area contributed by atoms with Gasteiger partial charge >= 0.3 is 19.5 Å². The van der Waals surface area contributed by atoms with E-state index < -0.39 is 5.69 Å². The molecule has 0 atom stereocenters. The van der Waals surface area contributed by atoms with Gasteiger partial charge in [0.1, 0.15) is 0 Å². The molecule has 0 aromatic carbocycles. The second-order valence-electron chi connectivity index (χ2n) is 2.57. The molecule has 0 aliphatic rings. The normalized spacial score (nSPS) is 8.73. The van der Waals surface area contributed by atoms with Gasteiger partial charge in [-0.05, 0) is 11.8 Å². The number of hydrogen-bond acceptors (Lipinski definition) is 1. The summed E-state index contributed by atoms with van der Waals surface area (Å²) in [5.74, 6) is 0. The molecule has 2 N–H and O–H groups in total. The average Bonchev–Trinajstić information content (AvgIpc) is 2.03. The summed E-state index contributed by atoms with van der Waals surface area (Å²) in [6.07, 6.45) is 5.93. The van der Waals surface area contributed by atoms with E-state index >= 15 is 0 Å². The van der Waals surface area contributed by atoms with Gasteiger partial charge in [-0.1, -0.05) is 45.4 Å². The molecule has 0 heterocycles. The fraction of sp³-hybridized carbons (Fsp3) is 0.778. The molecule has 6 heteroatoms. The van der Waals surface area contributed by atoms with Crippen LogP contribution in [0, 0.1) is 13.8 Å². The summed E-state index contributed by atoms with van der Waals surface area (Å²) < 4.78 is 0. The Hall–Kier alpha value is 1.54. The molecule has 0 aromatic rings. The molecule has 0 rings (SSSR count). The Morgan fingerprint density at radius 2 is 1.40 bits per heavy atom. The van der Waals surface area contributed by atoms with Crippen LogP contribution in [0.2, 0.25) is 0 Å². The topological polar surface area (TPSA) is 40.5 Å². The SMILES string of the molecule is OP(O)(=S)S.[CH2-]CCC.[CH2-]CCCC.[Zn+2]. The Bertz CT molecular complexity index is 119. The first kappa shape index (κ1) is 25.4. The van der Waals surface area contributed by atoms with Crippen LogP contribution < -0.4 is 0 Å². The van der Waals surface area contributed by atoms with Crippen LogP contribution in [0.5, 0.6) is 0 Å². The summed E-state index contributed by atoms with van der Waals surface area (Å²) in [6, 6.07) is 0. The number of unbranched alkanes of at least 4 members (excludes halogenated alkanes) is 3. The Morgan fingerprint density at radius 3 is 1.40 bits per heavy atom. The van der Waals surface area contributed by atoms with Crippen molar-refractivity contribution >= 4 is 29.7 Å². The van der Waals surface area contributed by atoms with E-state index in [0.29, 0.717) is 0 Å². The van der Waals surface area contributed by atoms with Gasteiger partial charge in [-0.3, -0.25) is 0 Å². The summed E-state index contributed by atoms with van der Waals surface area (Å²) in [4.78, 5) is 15.7. The zero-order valence-electron chi connectivity index (χ0n) is 9.85. The third kappa shape index (κ3) is 138. The first-order chi connectivity index (χ1) is 6.33. The van der Waals surface area contributed by atoms with E-state index in [1.807, 2.05) is 0 Å². The van der Waals surface area contributed by atoms with Crippen LogP contribution in [0.25, 0.3) is 0 Å². The van der Waals surface area contributed by atoms with E-state index in [9.17, 15) is 0 Å². The first-order valence-electron chi connectivity index (χ1n) is 4.70. The predicted octanol–water partition coefficient (Wildman–Crippen LogP) is 3.75. The smallest absolute Gasteiger partial charge is 0.343 e. The number of rotatable bonds is 3. The zero-order valence-corrected chi connectivity index (χ0v) is 15.4. The van der Waals surface area contributed by atoms with Crippen LogP contribution in [0.1, 0.15) is 46.0 Å². The summed E-state index contributed by atoms with van der Waals surface area (Å²) in [5, 5.41) is 0. The van der Waals surface area contributed by atoms with Gasteiger partial charge in [0, 0.05) is 0 Å². The van der Waals surface area contributed by atoms with Crippen molar-refractivity contribution in [2.75, 3.05) is 0 Å². The molecule has 0 amide bonds. The van der Waals surface area contributed by atoms with Crippen LogP contribution in [0.15, 0.2) is 0 Å². The maximum atomic E-state index is 7.87. The van der Waals surface area contributed by atoms with Gasteiger partial charge < -0.3 is 23.6 Å². The van der Waals surface area contributed by atoms with Gasteiger partial charge in [0.05, 0.1) is 0 Å². The number of hydrogen-bond donors (Lipinski definition) is 3. The van der Waals surface area contributed by atoms with E-state index in [4.69, 9.17) is 9.79 Å². The van der Waals surface area contributed by atoms with E-state index in [2.05, 4.69) is 51.8 Å². The predicted molar refractivity (Wildman–Crippen MR) is 72.9 cm³/mol. The molecule has 0 aliphatic heterocycles. The molecule has 0 aliphatic carbocycles. The van der Waals surface area contributed by atoms with Crippen molar-refractivity contribution in [1.82, 2.24) is 0 Å². The van der Waals surface area contributed by atoms with Gasteiger partial charge in [-0.2, -0.15) is 12.8 Å². The van der Waals surface area contributed by atoms with Crippen molar-refractivity contribution < 1.29 is 29.3 Å². The minimum Gasteiger partial charge on any atom is -0.343 e. The third-order valence-corrected chi connectivity index (χ3v) is 0.957. The van der Waals surface area contributed by atoms with Crippen LogP contribution >= 0.6 is 17.9 Å². The van der Waals surface area contributed by atoms with Gasteiger partial charge in [0.2, 0.25) is 5.69 Å². The standard InChI is InChI=1S/C5H11.C4H9.H3O2PS2.Zn/c1-3-5-4-2;1-3-4-2;1-3(2,4)5;/h1,3-5H2,2H3;1,3-4H2,2H3;(H3,1,2,4,5);/q2*-1;;+2. The molecule has 0 spiro atoms. The van der Waals surface area contributed by atoms with Gasteiger partial charge in [0.15, 0.2) is 0 Å². The monoisotopic (exact) mass is 322 g/mol. The fourth-order valence-electron chi connectivity index (χ4n) is 0.250. The quantitative estimate of drug-likeness (QED) is 0.320. The molecule has 2 nitrogen and oxygen atoms in total. The molecular formula is C9H23O2PS2Zn. The summed E-state index contributed by atoms with van der Waals surface area (Å²) in [7, 11) is 0. The van der Waals surface area contributed by atoms with Crippen molar-refractivity contribution in [3.05, 3.63) is 13.8 Å². The summed E-state index contributed by atoms with van der Waals surface area (Å²) in [5.41, 5.74) is -3.11. The van der Waals surface area contributed by atoms with Crippen molar-refractivity contribution in [2.24, 2.45) is 0 Å². The Kier molecular flexibility index (Phi) is 35.4. The van der Waals surface area contributed by atoms with Crippen LogP contribution in [0.4, 0.5) is 0 Å². The van der Waals surface area contributed by atoms with E-state index in [1.165, 1.54) is 19.3 Å². The molecule has 0 aromatic heterocycles. The van der Waals surface area contributed by atoms with Crippen molar-refractivity contribution in [3.63, 3.8) is 0 Å². The zero-order chi connectivity index (χ0) is 12.0. The Balaban J connectivity index is -0.0000000590. The molecule has 0 saturated carbocycles. The second-order valence-corrected chi connectivity index (χ2v) is 7.61. The van der Waals surface area contributed by atoms with Crippen LogP contribution in [-0.2, 0) is 31.3 Å². The van der Waals surface area contributed by atoms with E-state index in [-0.39, 0.29) is 19.5 Å². The number of thiol groups is 1. The van der Waals surface area contributed by atoms with E-state index in [1.54, 1.807) is 0 Å². The van der Waals surface area contributed by atoms with Crippen LogP contribution in [0.3, 0.4) is 0 Å². The van der Waals surface area contributed by atoms with Crippen molar-refractivity contribution in [1.29, 1.82) is 0 Å². The summed E-state index contributed by atoms with van der Waals surface area (Å²) >= 11 is 7.07. The molecule has 0 unspecified atom stereocenters. The van der Waals surface area contributed by atoms with Gasteiger partial charge in [0.25, 0.3) is 0 Å². The molecule has 0 bridgehead atoms. The first-order valence-corrected chi connectivity index (χ1v) is 8.56. The molecule has 0 saturated heterocycles. The second kappa shape index (κ2) is 20.9. The van der Waals surface area contributed by atoms with Crippen molar-refractivity contribution in [3.8, 4) is 0 Å². The summed E-state index contributed by atoms with van der Waals surface area (Å²) in [6.45, 7) is 11.6.